The molecule has 1 atom stereocenters. The molecule has 4 heteroatoms. The molecule has 4 nitrogen and oxygen atoms in total. The average Bonchev–Trinajstić information content (AvgIpc) is 3.38. The van der Waals surface area contributed by atoms with Crippen LogP contribution >= 0.6 is 0 Å². The molecule has 0 saturated heterocycles. The third-order valence-electron chi connectivity index (χ3n) is 4.24. The Morgan fingerprint density at radius 1 is 1.36 bits per heavy atom. The summed E-state index contributed by atoms with van der Waals surface area (Å²) in [6, 6.07) is 11.7. The molecule has 1 aliphatic rings. The smallest absolute Gasteiger partial charge is 0.244 e. The highest BCUT2D eigenvalue weighted by Gasteiger charge is 2.41. The molecule has 0 spiro atoms. The molecule has 2 aromatic rings. The van der Waals surface area contributed by atoms with Crippen molar-refractivity contribution < 1.29 is 9.90 Å². The summed E-state index contributed by atoms with van der Waals surface area (Å²) in [6.45, 7) is 1.86. The average molecular weight is 296 g/mol. The highest BCUT2D eigenvalue weighted by atomic mass is 16.3. The van der Waals surface area contributed by atoms with Crippen molar-refractivity contribution in [2.24, 2.45) is 5.92 Å². The lowest BCUT2D eigenvalue weighted by atomic mass is 9.97. The lowest BCUT2D eigenvalue weighted by Gasteiger charge is -2.28. The first kappa shape index (κ1) is 14.7. The molecule has 1 heterocycles. The number of rotatable bonds is 5. The number of aromatic nitrogens is 1. The van der Waals surface area contributed by atoms with Crippen molar-refractivity contribution in [3.8, 4) is 0 Å². The van der Waals surface area contributed by atoms with Crippen molar-refractivity contribution in [2.75, 3.05) is 6.61 Å². The number of carbonyl (C=O) groups is 1. The summed E-state index contributed by atoms with van der Waals surface area (Å²) < 4.78 is 0. The molecule has 1 aliphatic carbocycles. The maximum absolute atomic E-state index is 12.0. The predicted molar refractivity (Wildman–Crippen MR) is 87.1 cm³/mol. The van der Waals surface area contributed by atoms with Crippen molar-refractivity contribution >= 4 is 22.9 Å². The van der Waals surface area contributed by atoms with E-state index in [1.807, 2.05) is 43.3 Å². The lowest BCUT2D eigenvalue weighted by molar-refractivity contribution is -0.119. The van der Waals surface area contributed by atoms with Crippen LogP contribution in [-0.4, -0.2) is 28.1 Å². The van der Waals surface area contributed by atoms with Crippen molar-refractivity contribution in [2.45, 2.75) is 25.3 Å². The Bertz CT molecular complexity index is 722. The second kappa shape index (κ2) is 5.89. The van der Waals surface area contributed by atoms with Crippen LogP contribution in [0.15, 0.2) is 42.5 Å². The van der Waals surface area contributed by atoms with E-state index in [1.54, 1.807) is 6.08 Å². The zero-order valence-electron chi connectivity index (χ0n) is 12.6. The van der Waals surface area contributed by atoms with E-state index in [4.69, 9.17) is 0 Å². The molecular weight excluding hydrogens is 276 g/mol. The number of carbonyl (C=O) groups excluding carboxylic acids is 1. The molecule has 1 amide bonds. The van der Waals surface area contributed by atoms with Crippen LogP contribution in [-0.2, 0) is 4.79 Å². The molecule has 1 unspecified atom stereocenters. The van der Waals surface area contributed by atoms with Crippen molar-refractivity contribution in [1.29, 1.82) is 0 Å². The molecule has 2 N–H and O–H groups in total. The number of aliphatic hydroxyl groups is 1. The number of nitrogens with zero attached hydrogens (tertiary/aromatic N) is 1. The van der Waals surface area contributed by atoms with Gasteiger partial charge in [-0.05, 0) is 43.9 Å². The van der Waals surface area contributed by atoms with Gasteiger partial charge in [0.25, 0.3) is 0 Å². The standard InChI is InChI=1S/C18H20N2O2/c1-18(12-21,14-7-8-14)20-17(22)11-10-15-9-6-13-4-2-3-5-16(13)19-15/h2-6,9-11,14,21H,7-8,12H2,1H3,(H,20,22)/b11-10+. The number of nitrogens with one attached hydrogen (secondary N) is 1. The van der Waals surface area contributed by atoms with E-state index >= 15 is 0 Å². The van der Waals surface area contributed by atoms with Crippen LogP contribution in [0, 0.1) is 5.92 Å². The third-order valence-corrected chi connectivity index (χ3v) is 4.24. The van der Waals surface area contributed by atoms with Gasteiger partial charge in [-0.3, -0.25) is 4.79 Å². The van der Waals surface area contributed by atoms with Gasteiger partial charge in [-0.1, -0.05) is 24.3 Å². The lowest BCUT2D eigenvalue weighted by Crippen LogP contribution is -2.50. The molecule has 114 valence electrons. The van der Waals surface area contributed by atoms with Gasteiger partial charge >= 0.3 is 0 Å². The van der Waals surface area contributed by atoms with E-state index in [1.165, 1.54) is 6.08 Å². The van der Waals surface area contributed by atoms with Crippen LogP contribution in [0.5, 0.6) is 0 Å². The molecule has 1 aromatic heterocycles. The van der Waals surface area contributed by atoms with Crippen LogP contribution in [0.2, 0.25) is 0 Å². The third kappa shape index (κ3) is 3.17. The molecule has 0 bridgehead atoms. The van der Waals surface area contributed by atoms with Crippen molar-refractivity contribution in [3.05, 3.63) is 48.2 Å². The van der Waals surface area contributed by atoms with Gasteiger partial charge in [-0.15, -0.1) is 0 Å². The number of amides is 1. The van der Waals surface area contributed by atoms with Crippen LogP contribution in [0.1, 0.15) is 25.5 Å². The van der Waals surface area contributed by atoms with Gasteiger partial charge in [0.05, 0.1) is 23.4 Å². The van der Waals surface area contributed by atoms with Crippen molar-refractivity contribution in [3.63, 3.8) is 0 Å². The molecule has 0 aliphatic heterocycles. The van der Waals surface area contributed by atoms with Gasteiger partial charge in [-0.2, -0.15) is 0 Å². The second-order valence-electron chi connectivity index (χ2n) is 6.10. The molecule has 1 aromatic carbocycles. The van der Waals surface area contributed by atoms with Gasteiger partial charge in [0.15, 0.2) is 0 Å². The van der Waals surface area contributed by atoms with Gasteiger partial charge in [0.1, 0.15) is 0 Å². The zero-order chi connectivity index (χ0) is 15.6. The Hall–Kier alpha value is -2.20. The Morgan fingerprint density at radius 3 is 2.86 bits per heavy atom. The van der Waals surface area contributed by atoms with Crippen LogP contribution in [0.25, 0.3) is 17.0 Å². The van der Waals surface area contributed by atoms with Crippen molar-refractivity contribution in [1.82, 2.24) is 10.3 Å². The monoisotopic (exact) mass is 296 g/mol. The topological polar surface area (TPSA) is 62.2 Å². The largest absolute Gasteiger partial charge is 0.394 e. The summed E-state index contributed by atoms with van der Waals surface area (Å²) in [6.07, 6.45) is 5.31. The summed E-state index contributed by atoms with van der Waals surface area (Å²) in [5.74, 6) is 0.187. The zero-order valence-corrected chi connectivity index (χ0v) is 12.6. The minimum absolute atomic E-state index is 0.0362. The van der Waals surface area contributed by atoms with E-state index in [0.29, 0.717) is 5.92 Å². The van der Waals surface area contributed by atoms with E-state index in [9.17, 15) is 9.90 Å². The number of fused-ring (bicyclic) bond motifs is 1. The maximum Gasteiger partial charge on any atom is 0.244 e. The molecule has 1 saturated carbocycles. The first-order valence-electron chi connectivity index (χ1n) is 7.58. The molecule has 3 rings (SSSR count). The number of para-hydroxylation sites is 1. The number of pyridine rings is 1. The van der Waals surface area contributed by atoms with Gasteiger partial charge in [0, 0.05) is 11.5 Å². The number of benzene rings is 1. The van der Waals surface area contributed by atoms with Crippen LogP contribution in [0.4, 0.5) is 0 Å². The van der Waals surface area contributed by atoms with Gasteiger partial charge in [-0.25, -0.2) is 4.98 Å². The molecule has 22 heavy (non-hydrogen) atoms. The maximum atomic E-state index is 12.0. The fraction of sp³-hybridized carbons (Fsp3) is 0.333. The summed E-state index contributed by atoms with van der Waals surface area (Å²) in [5.41, 5.74) is 1.13. The predicted octanol–water partition coefficient (Wildman–Crippen LogP) is 2.53. The summed E-state index contributed by atoms with van der Waals surface area (Å²) in [4.78, 5) is 16.5. The van der Waals surface area contributed by atoms with Crippen LogP contribution in [0.3, 0.4) is 0 Å². The van der Waals surface area contributed by atoms with Gasteiger partial charge < -0.3 is 10.4 Å². The molecule has 0 radical (unpaired) electrons. The Morgan fingerprint density at radius 2 is 2.14 bits per heavy atom. The van der Waals surface area contributed by atoms with E-state index in [2.05, 4.69) is 10.3 Å². The number of hydrogen-bond donors (Lipinski definition) is 2. The van der Waals surface area contributed by atoms with E-state index in [-0.39, 0.29) is 12.5 Å². The van der Waals surface area contributed by atoms with Gasteiger partial charge in [0.2, 0.25) is 5.91 Å². The Labute approximate surface area is 129 Å². The minimum atomic E-state index is -0.516. The number of hydrogen-bond acceptors (Lipinski definition) is 3. The quantitative estimate of drug-likeness (QED) is 0.833. The highest BCUT2D eigenvalue weighted by molar-refractivity contribution is 5.92. The Balaban J connectivity index is 1.70. The fourth-order valence-corrected chi connectivity index (χ4v) is 2.65. The first-order valence-corrected chi connectivity index (χ1v) is 7.58. The second-order valence-corrected chi connectivity index (χ2v) is 6.10. The van der Waals surface area contributed by atoms with E-state index < -0.39 is 5.54 Å². The van der Waals surface area contributed by atoms with Crippen LogP contribution < -0.4 is 5.32 Å². The van der Waals surface area contributed by atoms with E-state index in [0.717, 1.165) is 29.4 Å². The first-order chi connectivity index (χ1) is 10.6. The minimum Gasteiger partial charge on any atom is -0.394 e. The molecule has 1 fully saturated rings. The summed E-state index contributed by atoms with van der Waals surface area (Å²) in [7, 11) is 0. The normalized spacial score (nSPS) is 17.5. The Kier molecular flexibility index (Phi) is 3.94. The summed E-state index contributed by atoms with van der Waals surface area (Å²) in [5, 5.41) is 13.5. The number of aliphatic hydroxyl groups excluding tert-OH is 1. The molecular formula is C18H20N2O2. The SMILES string of the molecule is CC(CO)(NC(=O)/C=C/c1ccc2ccccc2n1)C1CC1. The summed E-state index contributed by atoms with van der Waals surface area (Å²) >= 11 is 0. The fourth-order valence-electron chi connectivity index (χ4n) is 2.65. The highest BCUT2D eigenvalue weighted by Crippen LogP contribution is 2.39.